The van der Waals surface area contributed by atoms with Crippen LogP contribution in [-0.2, 0) is 4.79 Å². The van der Waals surface area contributed by atoms with E-state index < -0.39 is 0 Å². The van der Waals surface area contributed by atoms with Crippen LogP contribution in [0.15, 0.2) is 22.8 Å². The van der Waals surface area contributed by atoms with Crippen LogP contribution in [0.4, 0.5) is 0 Å². The summed E-state index contributed by atoms with van der Waals surface area (Å²) in [4.78, 5) is 26.8. The molecule has 0 aliphatic carbocycles. The number of rotatable bonds is 3. The van der Waals surface area contributed by atoms with Gasteiger partial charge in [-0.25, -0.2) is 0 Å². The number of carbonyl (C=O) groups excluding carboxylic acids is 2. The lowest BCUT2D eigenvalue weighted by atomic mass is 10.1. The number of aromatic amines is 1. The lowest BCUT2D eigenvalue weighted by molar-refractivity contribution is -0.119. The SMILES string of the molecule is Cc1[nH]nc(-c2ccco2)c1C(=O)N1CCN(C=O)CC1. The van der Waals surface area contributed by atoms with Crippen LogP contribution in [0, 0.1) is 6.92 Å². The van der Waals surface area contributed by atoms with Crippen LogP contribution in [0.3, 0.4) is 0 Å². The van der Waals surface area contributed by atoms with Crippen LogP contribution in [0.1, 0.15) is 16.1 Å². The topological polar surface area (TPSA) is 82.4 Å². The number of furan rings is 1. The molecule has 0 atom stereocenters. The van der Waals surface area contributed by atoms with Gasteiger partial charge in [-0.05, 0) is 19.1 Å². The number of hydrogen-bond donors (Lipinski definition) is 1. The maximum atomic E-state index is 12.7. The third kappa shape index (κ3) is 2.42. The minimum Gasteiger partial charge on any atom is -0.463 e. The number of aromatic nitrogens is 2. The molecule has 0 bridgehead atoms. The summed E-state index contributed by atoms with van der Waals surface area (Å²) in [7, 11) is 0. The van der Waals surface area contributed by atoms with Gasteiger partial charge in [-0.3, -0.25) is 14.7 Å². The van der Waals surface area contributed by atoms with Gasteiger partial charge in [-0.15, -0.1) is 0 Å². The Balaban J connectivity index is 1.85. The molecular weight excluding hydrogens is 272 g/mol. The number of nitrogens with one attached hydrogen (secondary N) is 1. The van der Waals surface area contributed by atoms with Crippen LogP contribution in [0.25, 0.3) is 11.5 Å². The van der Waals surface area contributed by atoms with E-state index in [-0.39, 0.29) is 5.91 Å². The van der Waals surface area contributed by atoms with Crippen molar-refractivity contribution in [3.05, 3.63) is 29.7 Å². The van der Waals surface area contributed by atoms with Crippen molar-refractivity contribution in [2.75, 3.05) is 26.2 Å². The van der Waals surface area contributed by atoms with Crippen molar-refractivity contribution in [3.8, 4) is 11.5 Å². The molecule has 0 aromatic carbocycles. The molecular formula is C14H16N4O3. The molecule has 3 rings (SSSR count). The van der Waals surface area contributed by atoms with Gasteiger partial charge < -0.3 is 14.2 Å². The standard InChI is InChI=1S/C14H16N4O3/c1-10-12(13(16-15-10)11-3-2-8-21-11)14(20)18-6-4-17(9-19)5-7-18/h2-3,8-9H,4-7H2,1H3,(H,15,16). The molecule has 1 fully saturated rings. The molecule has 3 heterocycles. The highest BCUT2D eigenvalue weighted by Gasteiger charge is 2.27. The predicted octanol–water partition coefficient (Wildman–Crippen LogP) is 0.892. The summed E-state index contributed by atoms with van der Waals surface area (Å²) in [6.07, 6.45) is 2.37. The molecule has 0 radical (unpaired) electrons. The van der Waals surface area contributed by atoms with E-state index in [0.29, 0.717) is 48.9 Å². The minimum absolute atomic E-state index is 0.0850. The van der Waals surface area contributed by atoms with E-state index in [1.807, 2.05) is 6.92 Å². The van der Waals surface area contributed by atoms with Crippen LogP contribution in [-0.4, -0.2) is 58.5 Å². The monoisotopic (exact) mass is 288 g/mol. The first kappa shape index (κ1) is 13.4. The summed E-state index contributed by atoms with van der Waals surface area (Å²) in [6.45, 7) is 3.98. The van der Waals surface area contributed by atoms with E-state index >= 15 is 0 Å². The Kier molecular flexibility index (Phi) is 3.47. The number of carbonyl (C=O) groups is 2. The molecule has 7 nitrogen and oxygen atoms in total. The van der Waals surface area contributed by atoms with E-state index in [9.17, 15) is 9.59 Å². The Morgan fingerprint density at radius 2 is 2.14 bits per heavy atom. The van der Waals surface area contributed by atoms with Crippen LogP contribution in [0.2, 0.25) is 0 Å². The van der Waals surface area contributed by atoms with Gasteiger partial charge in [0.2, 0.25) is 6.41 Å². The zero-order chi connectivity index (χ0) is 14.8. The second kappa shape index (κ2) is 5.43. The molecule has 0 unspecified atom stereocenters. The van der Waals surface area contributed by atoms with Crippen LogP contribution < -0.4 is 0 Å². The maximum absolute atomic E-state index is 12.7. The van der Waals surface area contributed by atoms with Gasteiger partial charge in [0.15, 0.2) is 5.76 Å². The molecule has 2 aromatic heterocycles. The average molecular weight is 288 g/mol. The molecule has 2 amide bonds. The zero-order valence-corrected chi connectivity index (χ0v) is 11.7. The molecule has 2 aromatic rings. The fourth-order valence-electron chi connectivity index (χ4n) is 2.47. The molecule has 0 spiro atoms. The molecule has 1 aliphatic heterocycles. The molecule has 1 aliphatic rings. The van der Waals surface area contributed by atoms with E-state index in [4.69, 9.17) is 4.42 Å². The summed E-state index contributed by atoms with van der Waals surface area (Å²) in [5.74, 6) is 0.479. The van der Waals surface area contributed by atoms with Gasteiger partial charge in [0.1, 0.15) is 5.69 Å². The van der Waals surface area contributed by atoms with Crippen molar-refractivity contribution < 1.29 is 14.0 Å². The fourth-order valence-corrected chi connectivity index (χ4v) is 2.47. The molecule has 7 heteroatoms. The number of hydrogen-bond acceptors (Lipinski definition) is 4. The van der Waals surface area contributed by atoms with Gasteiger partial charge in [-0.1, -0.05) is 0 Å². The lowest BCUT2D eigenvalue weighted by Crippen LogP contribution is -2.48. The summed E-state index contributed by atoms with van der Waals surface area (Å²) in [5.41, 5.74) is 1.77. The van der Waals surface area contributed by atoms with Crippen LogP contribution >= 0.6 is 0 Å². The smallest absolute Gasteiger partial charge is 0.258 e. The normalized spacial score (nSPS) is 15.3. The van der Waals surface area contributed by atoms with Crippen molar-refractivity contribution in [3.63, 3.8) is 0 Å². The number of aryl methyl sites for hydroxylation is 1. The first-order valence-electron chi connectivity index (χ1n) is 6.78. The fraction of sp³-hybridized carbons (Fsp3) is 0.357. The second-order valence-electron chi connectivity index (χ2n) is 4.98. The summed E-state index contributed by atoms with van der Waals surface area (Å²) < 4.78 is 5.34. The highest BCUT2D eigenvalue weighted by Crippen LogP contribution is 2.25. The number of nitrogens with zero attached hydrogens (tertiary/aromatic N) is 3. The van der Waals surface area contributed by atoms with E-state index in [2.05, 4.69) is 10.2 Å². The molecule has 1 saturated heterocycles. The summed E-state index contributed by atoms with van der Waals surface area (Å²) in [6, 6.07) is 3.53. The lowest BCUT2D eigenvalue weighted by Gasteiger charge is -2.32. The summed E-state index contributed by atoms with van der Waals surface area (Å²) in [5, 5.41) is 7.01. The minimum atomic E-state index is -0.0850. The number of amides is 2. The average Bonchev–Trinajstić information content (AvgIpc) is 3.16. The molecule has 0 saturated carbocycles. The Bertz CT molecular complexity index is 639. The number of piperazine rings is 1. The van der Waals surface area contributed by atoms with E-state index in [0.717, 1.165) is 6.41 Å². The van der Waals surface area contributed by atoms with Crippen molar-refractivity contribution in [1.29, 1.82) is 0 Å². The Morgan fingerprint density at radius 1 is 1.38 bits per heavy atom. The van der Waals surface area contributed by atoms with Gasteiger partial charge in [0.25, 0.3) is 5.91 Å². The van der Waals surface area contributed by atoms with Crippen molar-refractivity contribution >= 4 is 12.3 Å². The van der Waals surface area contributed by atoms with E-state index in [1.165, 1.54) is 0 Å². The predicted molar refractivity (Wildman–Crippen MR) is 74.6 cm³/mol. The Hall–Kier alpha value is -2.57. The molecule has 1 N–H and O–H groups in total. The quantitative estimate of drug-likeness (QED) is 0.850. The first-order valence-corrected chi connectivity index (χ1v) is 6.78. The largest absolute Gasteiger partial charge is 0.463 e. The third-order valence-corrected chi connectivity index (χ3v) is 3.67. The van der Waals surface area contributed by atoms with E-state index in [1.54, 1.807) is 28.2 Å². The second-order valence-corrected chi connectivity index (χ2v) is 4.98. The zero-order valence-electron chi connectivity index (χ0n) is 11.7. The Morgan fingerprint density at radius 3 is 2.76 bits per heavy atom. The van der Waals surface area contributed by atoms with Crippen LogP contribution in [0.5, 0.6) is 0 Å². The van der Waals surface area contributed by atoms with Gasteiger partial charge in [0.05, 0.1) is 11.8 Å². The highest BCUT2D eigenvalue weighted by atomic mass is 16.3. The van der Waals surface area contributed by atoms with Gasteiger partial charge in [0, 0.05) is 31.9 Å². The number of H-pyrrole nitrogens is 1. The van der Waals surface area contributed by atoms with Crippen molar-refractivity contribution in [1.82, 2.24) is 20.0 Å². The van der Waals surface area contributed by atoms with Crippen molar-refractivity contribution in [2.45, 2.75) is 6.92 Å². The molecule has 21 heavy (non-hydrogen) atoms. The molecule has 110 valence electrons. The first-order chi connectivity index (χ1) is 10.2. The Labute approximate surface area is 121 Å². The maximum Gasteiger partial charge on any atom is 0.258 e. The van der Waals surface area contributed by atoms with Gasteiger partial charge >= 0.3 is 0 Å². The summed E-state index contributed by atoms with van der Waals surface area (Å²) >= 11 is 0. The highest BCUT2D eigenvalue weighted by molar-refractivity contribution is 6.00. The third-order valence-electron chi connectivity index (χ3n) is 3.67. The van der Waals surface area contributed by atoms with Crippen molar-refractivity contribution in [2.24, 2.45) is 0 Å². The van der Waals surface area contributed by atoms with Gasteiger partial charge in [-0.2, -0.15) is 5.10 Å².